The van der Waals surface area contributed by atoms with E-state index in [-0.39, 0.29) is 30.4 Å². The monoisotopic (exact) mass is 507 g/mol. The number of rotatable bonds is 9. The van der Waals surface area contributed by atoms with E-state index in [0.29, 0.717) is 18.1 Å². The molecule has 3 heterocycles. The quantitative estimate of drug-likeness (QED) is 0.241. The van der Waals surface area contributed by atoms with E-state index in [1.165, 1.54) is 4.57 Å². The number of nitrogens with zero attached hydrogens (tertiary/aromatic N) is 3. The van der Waals surface area contributed by atoms with Crippen LogP contribution in [-0.2, 0) is 24.3 Å². The summed E-state index contributed by atoms with van der Waals surface area (Å²) in [5.74, 6) is 0.329. The van der Waals surface area contributed by atoms with Gasteiger partial charge in [-0.05, 0) is 36.6 Å². The zero-order valence-electron chi connectivity index (χ0n) is 21.1. The molecule has 9 heteroatoms. The summed E-state index contributed by atoms with van der Waals surface area (Å²) in [6.45, 7) is 2.49. The van der Waals surface area contributed by atoms with Gasteiger partial charge in [0.2, 0.25) is 5.91 Å². The fourth-order valence-electron chi connectivity index (χ4n) is 4.44. The highest BCUT2D eigenvalue weighted by molar-refractivity contribution is 5.93. The fourth-order valence-corrected chi connectivity index (χ4v) is 4.44. The first kappa shape index (κ1) is 24.8. The number of fused-ring (bicyclic) bond motifs is 1. The van der Waals surface area contributed by atoms with Gasteiger partial charge in [-0.2, -0.15) is 0 Å². The van der Waals surface area contributed by atoms with Crippen molar-refractivity contribution in [1.29, 1.82) is 0 Å². The maximum atomic E-state index is 13.6. The summed E-state index contributed by atoms with van der Waals surface area (Å²) < 4.78 is 1.47. The van der Waals surface area contributed by atoms with Gasteiger partial charge in [-0.3, -0.25) is 14.2 Å². The van der Waals surface area contributed by atoms with Crippen LogP contribution in [0.3, 0.4) is 0 Å². The van der Waals surface area contributed by atoms with Crippen LogP contribution in [0, 0.1) is 6.92 Å². The maximum absolute atomic E-state index is 13.6. The molecule has 0 aliphatic heterocycles. The van der Waals surface area contributed by atoms with Crippen molar-refractivity contribution in [2.45, 2.75) is 26.4 Å². The molecule has 2 aromatic carbocycles. The number of nitrogens with two attached hydrogens (primary N) is 1. The average molecular weight is 508 g/mol. The molecule has 0 radical (unpaired) electrons. The maximum Gasteiger partial charge on any atom is 0.294 e. The zero-order valence-corrected chi connectivity index (χ0v) is 21.1. The Morgan fingerprint density at radius 1 is 1.05 bits per heavy atom. The highest BCUT2D eigenvalue weighted by Gasteiger charge is 2.17. The van der Waals surface area contributed by atoms with Crippen LogP contribution in [0.15, 0.2) is 83.9 Å². The Hall–Kier alpha value is -4.92. The molecule has 38 heavy (non-hydrogen) atoms. The number of aromatic amines is 1. The molecule has 0 saturated heterocycles. The molecule has 0 saturated carbocycles. The van der Waals surface area contributed by atoms with Crippen LogP contribution in [0.5, 0.6) is 0 Å². The summed E-state index contributed by atoms with van der Waals surface area (Å²) in [5, 5.41) is 7.06. The second-order valence-corrected chi connectivity index (χ2v) is 9.05. The first-order chi connectivity index (χ1) is 18.5. The van der Waals surface area contributed by atoms with Gasteiger partial charge in [0.05, 0.1) is 17.4 Å². The van der Waals surface area contributed by atoms with Crippen LogP contribution in [0.4, 0.5) is 11.6 Å². The van der Waals surface area contributed by atoms with Gasteiger partial charge in [0, 0.05) is 35.9 Å². The van der Waals surface area contributed by atoms with Gasteiger partial charge in [0.1, 0.15) is 12.4 Å². The van der Waals surface area contributed by atoms with Gasteiger partial charge < -0.3 is 21.4 Å². The molecule has 9 nitrogen and oxygen atoms in total. The predicted molar refractivity (Wildman–Crippen MR) is 150 cm³/mol. The van der Waals surface area contributed by atoms with Gasteiger partial charge in [-0.1, -0.05) is 54.6 Å². The molecule has 0 fully saturated rings. The Morgan fingerprint density at radius 2 is 1.89 bits per heavy atom. The van der Waals surface area contributed by atoms with Crippen LogP contribution in [0.1, 0.15) is 16.8 Å². The van der Waals surface area contributed by atoms with Crippen molar-refractivity contribution in [3.63, 3.8) is 0 Å². The van der Waals surface area contributed by atoms with Crippen LogP contribution >= 0.6 is 0 Å². The zero-order chi connectivity index (χ0) is 26.5. The van der Waals surface area contributed by atoms with E-state index in [9.17, 15) is 9.59 Å². The first-order valence-electron chi connectivity index (χ1n) is 12.4. The average Bonchev–Trinajstić information content (AvgIpc) is 3.40. The van der Waals surface area contributed by atoms with Crippen molar-refractivity contribution in [2.75, 3.05) is 17.6 Å². The Labute approximate surface area is 219 Å². The summed E-state index contributed by atoms with van der Waals surface area (Å²) in [6.07, 6.45) is 4.23. The number of pyridine rings is 1. The van der Waals surface area contributed by atoms with Crippen molar-refractivity contribution in [3.8, 4) is 11.3 Å². The number of H-pyrrole nitrogens is 1. The summed E-state index contributed by atoms with van der Waals surface area (Å²) in [7, 11) is 0. The lowest BCUT2D eigenvalue weighted by Crippen LogP contribution is -2.34. The molecule has 0 unspecified atom stereocenters. The van der Waals surface area contributed by atoms with E-state index < -0.39 is 0 Å². The van der Waals surface area contributed by atoms with Gasteiger partial charge >= 0.3 is 0 Å². The second-order valence-electron chi connectivity index (χ2n) is 9.05. The summed E-state index contributed by atoms with van der Waals surface area (Å²) in [6, 6.07) is 21.3. The predicted octanol–water partition coefficient (Wildman–Crippen LogP) is 3.65. The van der Waals surface area contributed by atoms with Gasteiger partial charge in [-0.25, -0.2) is 9.97 Å². The van der Waals surface area contributed by atoms with Crippen LogP contribution < -0.4 is 21.9 Å². The molecule has 0 bridgehead atoms. The minimum atomic E-state index is -0.361. The highest BCUT2D eigenvalue weighted by atomic mass is 16.2. The van der Waals surface area contributed by atoms with Crippen molar-refractivity contribution in [3.05, 3.63) is 106 Å². The number of nitrogens with one attached hydrogen (secondary N) is 3. The molecule has 1 amide bonds. The number of benzene rings is 2. The SMILES string of the molecule is Cc1nc(N)ccc1CNC(=O)Cn1c(-c2cccc3cc[nH]c23)cnc(NCCc2ccccc2)c1=O. The Balaban J connectivity index is 1.42. The summed E-state index contributed by atoms with van der Waals surface area (Å²) in [4.78, 5) is 38.6. The molecule has 0 spiro atoms. The molecule has 5 aromatic rings. The standard InChI is InChI=1S/C29H29N7O2/c1-19-22(10-11-25(30)35-19)16-33-26(37)18-36-24(23-9-5-8-21-13-15-31-27(21)23)17-34-28(29(36)38)32-14-12-20-6-3-2-4-7-20/h2-11,13,15,17,31H,12,14,16,18H2,1H3,(H2,30,35)(H,32,34)(H,33,37). The third-order valence-electron chi connectivity index (χ3n) is 6.46. The molecule has 5 rings (SSSR count). The minimum absolute atomic E-state index is 0.164. The number of carbonyl (C=O) groups excluding carboxylic acids is 1. The number of nitrogen functional groups attached to an aromatic ring is 1. The van der Waals surface area contributed by atoms with Gasteiger partial charge in [0.25, 0.3) is 5.56 Å². The number of para-hydroxylation sites is 1. The van der Waals surface area contributed by atoms with Gasteiger partial charge in [0.15, 0.2) is 5.82 Å². The lowest BCUT2D eigenvalue weighted by molar-refractivity contribution is -0.121. The number of hydrogen-bond acceptors (Lipinski definition) is 6. The van der Waals surface area contributed by atoms with E-state index in [0.717, 1.165) is 39.7 Å². The number of aromatic nitrogens is 4. The normalized spacial score (nSPS) is 11.0. The Morgan fingerprint density at radius 3 is 2.71 bits per heavy atom. The molecular formula is C29H29N7O2. The molecule has 5 N–H and O–H groups in total. The van der Waals surface area contributed by atoms with E-state index >= 15 is 0 Å². The third kappa shape index (κ3) is 5.41. The molecule has 192 valence electrons. The van der Waals surface area contributed by atoms with E-state index in [1.54, 1.807) is 12.3 Å². The van der Waals surface area contributed by atoms with Crippen LogP contribution in [-0.4, -0.2) is 32.0 Å². The van der Waals surface area contributed by atoms with Crippen molar-refractivity contribution < 1.29 is 4.79 Å². The van der Waals surface area contributed by atoms with Crippen molar-refractivity contribution in [1.82, 2.24) is 24.8 Å². The number of anilines is 2. The number of carbonyl (C=O) groups is 1. The molecule has 0 aliphatic carbocycles. The Kier molecular flexibility index (Phi) is 7.17. The largest absolute Gasteiger partial charge is 0.384 e. The molecule has 0 aliphatic rings. The van der Waals surface area contributed by atoms with E-state index in [2.05, 4.69) is 25.6 Å². The highest BCUT2D eigenvalue weighted by Crippen LogP contribution is 2.27. The van der Waals surface area contributed by atoms with Gasteiger partial charge in [-0.15, -0.1) is 0 Å². The fraction of sp³-hybridized carbons (Fsp3) is 0.172. The topological polar surface area (TPSA) is 131 Å². The molecule has 0 atom stereocenters. The van der Waals surface area contributed by atoms with Crippen molar-refractivity contribution in [2.24, 2.45) is 0 Å². The lowest BCUT2D eigenvalue weighted by atomic mass is 10.1. The number of aryl methyl sites for hydroxylation is 1. The lowest BCUT2D eigenvalue weighted by Gasteiger charge is -2.16. The summed E-state index contributed by atoms with van der Waals surface area (Å²) >= 11 is 0. The smallest absolute Gasteiger partial charge is 0.294 e. The summed E-state index contributed by atoms with van der Waals surface area (Å²) in [5.41, 5.74) is 10.3. The van der Waals surface area contributed by atoms with Crippen LogP contribution in [0.25, 0.3) is 22.2 Å². The number of hydrogen-bond donors (Lipinski definition) is 4. The number of amides is 1. The van der Waals surface area contributed by atoms with Crippen LogP contribution in [0.2, 0.25) is 0 Å². The van der Waals surface area contributed by atoms with Crippen molar-refractivity contribution >= 4 is 28.4 Å². The first-order valence-corrected chi connectivity index (χ1v) is 12.4. The Bertz CT molecular complexity index is 1640. The minimum Gasteiger partial charge on any atom is -0.384 e. The molecular weight excluding hydrogens is 478 g/mol. The second kappa shape index (κ2) is 11.0. The molecule has 3 aromatic heterocycles. The van der Waals surface area contributed by atoms with E-state index in [1.807, 2.05) is 73.8 Å². The third-order valence-corrected chi connectivity index (χ3v) is 6.46. The van der Waals surface area contributed by atoms with E-state index in [4.69, 9.17) is 5.73 Å².